The van der Waals surface area contributed by atoms with Crippen molar-refractivity contribution in [3.05, 3.63) is 39.7 Å². The van der Waals surface area contributed by atoms with Crippen LogP contribution in [0, 0.1) is 15.9 Å². The Hall–Kier alpha value is -2.51. The molecule has 1 aromatic carbocycles. The highest BCUT2D eigenvalue weighted by Gasteiger charge is 2.15. The monoisotopic (exact) mass is 341 g/mol. The van der Waals surface area contributed by atoms with E-state index < -0.39 is 22.4 Å². The van der Waals surface area contributed by atoms with Gasteiger partial charge in [-0.2, -0.15) is 4.39 Å². The average molecular weight is 341 g/mol. The SMILES string of the molecule is CCCCOC(=O)CCCC(=O)OCc1ccc(F)c([N+](=O)[O-])c1. The normalized spacial score (nSPS) is 10.2. The van der Waals surface area contributed by atoms with E-state index >= 15 is 0 Å². The summed E-state index contributed by atoms with van der Waals surface area (Å²) in [6.45, 7) is 2.17. The van der Waals surface area contributed by atoms with Gasteiger partial charge in [0, 0.05) is 18.9 Å². The fourth-order valence-electron chi connectivity index (χ4n) is 1.80. The number of rotatable bonds is 10. The first-order valence-corrected chi connectivity index (χ1v) is 7.68. The number of hydrogen-bond acceptors (Lipinski definition) is 6. The minimum Gasteiger partial charge on any atom is -0.466 e. The van der Waals surface area contributed by atoms with Crippen LogP contribution in [0.5, 0.6) is 0 Å². The second-order valence-corrected chi connectivity index (χ2v) is 5.13. The van der Waals surface area contributed by atoms with E-state index in [4.69, 9.17) is 9.47 Å². The van der Waals surface area contributed by atoms with E-state index in [9.17, 15) is 24.1 Å². The van der Waals surface area contributed by atoms with Gasteiger partial charge in [-0.25, -0.2) is 0 Å². The predicted molar refractivity (Wildman–Crippen MR) is 82.6 cm³/mol. The summed E-state index contributed by atoms with van der Waals surface area (Å²) in [6.07, 6.45) is 2.19. The molecule has 7 nitrogen and oxygen atoms in total. The minimum absolute atomic E-state index is 0.0339. The zero-order valence-electron chi connectivity index (χ0n) is 13.5. The van der Waals surface area contributed by atoms with E-state index in [0.29, 0.717) is 18.6 Å². The van der Waals surface area contributed by atoms with Gasteiger partial charge in [0.05, 0.1) is 11.5 Å². The summed E-state index contributed by atoms with van der Waals surface area (Å²) in [4.78, 5) is 32.7. The molecule has 24 heavy (non-hydrogen) atoms. The summed E-state index contributed by atoms with van der Waals surface area (Å²) in [5.41, 5.74) is -0.353. The molecule has 0 aromatic heterocycles. The summed E-state index contributed by atoms with van der Waals surface area (Å²) >= 11 is 0. The van der Waals surface area contributed by atoms with E-state index in [2.05, 4.69) is 0 Å². The topological polar surface area (TPSA) is 95.7 Å². The Morgan fingerprint density at radius 1 is 1.17 bits per heavy atom. The molecular weight excluding hydrogens is 321 g/mol. The number of ether oxygens (including phenoxy) is 2. The lowest BCUT2D eigenvalue weighted by Crippen LogP contribution is -2.09. The lowest BCUT2D eigenvalue weighted by molar-refractivity contribution is -0.387. The molecule has 132 valence electrons. The molecule has 0 aliphatic carbocycles. The number of hydrogen-bond donors (Lipinski definition) is 0. The maximum absolute atomic E-state index is 13.2. The Kier molecular flexibility index (Phi) is 8.38. The van der Waals surface area contributed by atoms with Gasteiger partial charge in [-0.3, -0.25) is 19.7 Å². The van der Waals surface area contributed by atoms with Crippen LogP contribution in [0.1, 0.15) is 44.6 Å². The molecule has 0 saturated carbocycles. The third-order valence-corrected chi connectivity index (χ3v) is 3.13. The van der Waals surface area contributed by atoms with Crippen molar-refractivity contribution in [3.63, 3.8) is 0 Å². The molecule has 0 radical (unpaired) electrons. The number of carbonyl (C=O) groups excluding carboxylic acids is 2. The van der Waals surface area contributed by atoms with Gasteiger partial charge in [0.2, 0.25) is 5.82 Å². The molecule has 0 heterocycles. The molecule has 0 N–H and O–H groups in total. The molecular formula is C16H20FNO6. The number of benzene rings is 1. The molecule has 1 rings (SSSR count). The van der Waals surface area contributed by atoms with Crippen molar-refractivity contribution in [3.8, 4) is 0 Å². The molecule has 1 aromatic rings. The first-order chi connectivity index (χ1) is 11.4. The summed E-state index contributed by atoms with van der Waals surface area (Å²) in [7, 11) is 0. The van der Waals surface area contributed by atoms with Crippen molar-refractivity contribution in [2.45, 2.75) is 45.6 Å². The molecule has 0 amide bonds. The number of esters is 2. The number of carbonyl (C=O) groups is 2. The van der Waals surface area contributed by atoms with Crippen LogP contribution in [0.15, 0.2) is 18.2 Å². The second-order valence-electron chi connectivity index (χ2n) is 5.13. The van der Waals surface area contributed by atoms with Crippen molar-refractivity contribution in [2.75, 3.05) is 6.61 Å². The smallest absolute Gasteiger partial charge is 0.306 e. The first kappa shape index (κ1) is 19.5. The number of halogens is 1. The Bertz CT molecular complexity index is 590. The maximum atomic E-state index is 13.2. The highest BCUT2D eigenvalue weighted by molar-refractivity contribution is 5.72. The number of nitro groups is 1. The molecule has 0 atom stereocenters. The Morgan fingerprint density at radius 2 is 1.83 bits per heavy atom. The quantitative estimate of drug-likeness (QED) is 0.280. The number of nitrogens with zero attached hydrogens (tertiary/aromatic N) is 1. The Balaban J connectivity index is 2.30. The molecule has 0 aliphatic heterocycles. The van der Waals surface area contributed by atoms with Crippen LogP contribution in [-0.2, 0) is 25.7 Å². The third-order valence-electron chi connectivity index (χ3n) is 3.13. The second kappa shape index (κ2) is 10.3. The van der Waals surface area contributed by atoms with Gasteiger partial charge in [-0.1, -0.05) is 19.4 Å². The van der Waals surface area contributed by atoms with Gasteiger partial charge < -0.3 is 9.47 Å². The molecule has 0 spiro atoms. The highest BCUT2D eigenvalue weighted by Crippen LogP contribution is 2.19. The summed E-state index contributed by atoms with van der Waals surface area (Å²) in [6, 6.07) is 3.28. The number of nitro benzene ring substituents is 1. The maximum Gasteiger partial charge on any atom is 0.306 e. The largest absolute Gasteiger partial charge is 0.466 e. The van der Waals surface area contributed by atoms with E-state index in [1.54, 1.807) is 0 Å². The fourth-order valence-corrected chi connectivity index (χ4v) is 1.80. The molecule has 0 aliphatic rings. The standard InChI is InChI=1S/C16H20FNO6/c1-2-3-9-23-15(19)5-4-6-16(20)24-11-12-7-8-13(17)14(10-12)18(21)22/h7-8,10H,2-6,9,11H2,1H3. The fraction of sp³-hybridized carbons (Fsp3) is 0.500. The summed E-state index contributed by atoms with van der Waals surface area (Å²) in [5, 5.41) is 10.6. The van der Waals surface area contributed by atoms with E-state index in [1.807, 2.05) is 6.92 Å². The van der Waals surface area contributed by atoms with E-state index in [-0.39, 0.29) is 25.4 Å². The van der Waals surface area contributed by atoms with Gasteiger partial charge in [-0.05, 0) is 24.5 Å². The van der Waals surface area contributed by atoms with Gasteiger partial charge in [0.15, 0.2) is 0 Å². The van der Waals surface area contributed by atoms with Crippen LogP contribution in [0.3, 0.4) is 0 Å². The molecule has 8 heteroatoms. The highest BCUT2D eigenvalue weighted by atomic mass is 19.1. The van der Waals surface area contributed by atoms with Crippen LogP contribution in [0.4, 0.5) is 10.1 Å². The Morgan fingerprint density at radius 3 is 2.46 bits per heavy atom. The van der Waals surface area contributed by atoms with Gasteiger partial charge in [0.1, 0.15) is 6.61 Å². The van der Waals surface area contributed by atoms with Crippen LogP contribution in [-0.4, -0.2) is 23.5 Å². The molecule has 0 bridgehead atoms. The van der Waals surface area contributed by atoms with E-state index in [0.717, 1.165) is 25.0 Å². The third kappa shape index (κ3) is 7.17. The lowest BCUT2D eigenvalue weighted by Gasteiger charge is -2.06. The van der Waals surface area contributed by atoms with Crippen molar-refractivity contribution in [2.24, 2.45) is 0 Å². The summed E-state index contributed by atoms with van der Waals surface area (Å²) < 4.78 is 23.1. The van der Waals surface area contributed by atoms with Crippen LogP contribution in [0.2, 0.25) is 0 Å². The summed E-state index contributed by atoms with van der Waals surface area (Å²) in [5.74, 6) is -1.84. The van der Waals surface area contributed by atoms with Crippen molar-refractivity contribution >= 4 is 17.6 Å². The number of unbranched alkanes of at least 4 members (excludes halogenated alkanes) is 1. The first-order valence-electron chi connectivity index (χ1n) is 7.68. The van der Waals surface area contributed by atoms with Crippen molar-refractivity contribution in [1.29, 1.82) is 0 Å². The lowest BCUT2D eigenvalue weighted by atomic mass is 10.2. The molecule has 0 unspecified atom stereocenters. The minimum atomic E-state index is -0.948. The van der Waals surface area contributed by atoms with Crippen molar-refractivity contribution in [1.82, 2.24) is 0 Å². The van der Waals surface area contributed by atoms with E-state index in [1.165, 1.54) is 6.07 Å². The zero-order chi connectivity index (χ0) is 17.9. The van der Waals surface area contributed by atoms with Crippen LogP contribution >= 0.6 is 0 Å². The van der Waals surface area contributed by atoms with Crippen LogP contribution in [0.25, 0.3) is 0 Å². The van der Waals surface area contributed by atoms with Crippen molar-refractivity contribution < 1.29 is 28.4 Å². The van der Waals surface area contributed by atoms with Crippen LogP contribution < -0.4 is 0 Å². The van der Waals surface area contributed by atoms with Gasteiger partial charge >= 0.3 is 17.6 Å². The van der Waals surface area contributed by atoms with Gasteiger partial charge in [0.25, 0.3) is 0 Å². The predicted octanol–water partition coefficient (Wildman–Crippen LogP) is 3.29. The Labute approximate surface area is 138 Å². The molecule has 0 saturated heterocycles. The average Bonchev–Trinajstić information content (AvgIpc) is 2.54. The molecule has 0 fully saturated rings. The zero-order valence-corrected chi connectivity index (χ0v) is 13.5. The van der Waals surface area contributed by atoms with Gasteiger partial charge in [-0.15, -0.1) is 0 Å².